The topological polar surface area (TPSA) is 44.2 Å². The maximum atomic E-state index is 12.2. The first kappa shape index (κ1) is 18.2. The van der Waals surface area contributed by atoms with Gasteiger partial charge in [0.2, 0.25) is 0 Å². The predicted octanol–water partition coefficient (Wildman–Crippen LogP) is 6.36. The van der Waals surface area contributed by atoms with Gasteiger partial charge in [0.25, 0.3) is 0 Å². The van der Waals surface area contributed by atoms with Crippen LogP contribution in [-0.4, -0.2) is 16.3 Å². The van der Waals surface area contributed by atoms with Crippen molar-refractivity contribution in [2.75, 3.05) is 0 Å². The molecule has 0 aliphatic carbocycles. The molecule has 0 fully saturated rings. The van der Waals surface area contributed by atoms with Gasteiger partial charge in [-0.15, -0.1) is 24.5 Å². The second-order valence-electron chi connectivity index (χ2n) is 5.94. The van der Waals surface area contributed by atoms with E-state index in [-0.39, 0.29) is 5.75 Å². The van der Waals surface area contributed by atoms with Crippen molar-refractivity contribution in [3.05, 3.63) is 66.6 Å². The number of aromatic nitrogens is 2. The summed E-state index contributed by atoms with van der Waals surface area (Å²) in [6.45, 7) is 2.03. The molecule has 0 radical (unpaired) electrons. The Morgan fingerprint density at radius 1 is 0.893 bits per heavy atom. The molecule has 0 bridgehead atoms. The fourth-order valence-electron chi connectivity index (χ4n) is 2.75. The van der Waals surface area contributed by atoms with Crippen molar-refractivity contribution < 1.29 is 22.6 Å². The Balaban J connectivity index is 1.51. The van der Waals surface area contributed by atoms with Crippen LogP contribution in [0.15, 0.2) is 61.1 Å². The molecule has 0 aliphatic heterocycles. The fraction of sp³-hybridized carbons (Fsp3) is 0.100. The SMILES string of the molecule is Cc1c(-c2ccc(Oc3ccc(OC(F)(F)F)cc3)cc2)sc2ncncc12. The van der Waals surface area contributed by atoms with E-state index in [1.165, 1.54) is 30.6 Å². The van der Waals surface area contributed by atoms with E-state index in [4.69, 9.17) is 4.74 Å². The molecule has 4 rings (SSSR count). The summed E-state index contributed by atoms with van der Waals surface area (Å²) >= 11 is 1.60. The van der Waals surface area contributed by atoms with Crippen LogP contribution in [0.2, 0.25) is 0 Å². The number of rotatable bonds is 4. The minimum atomic E-state index is -4.71. The monoisotopic (exact) mass is 402 g/mol. The number of aryl methyl sites for hydroxylation is 1. The molecule has 2 aromatic heterocycles. The first-order chi connectivity index (χ1) is 13.4. The Morgan fingerprint density at radius 3 is 2.11 bits per heavy atom. The van der Waals surface area contributed by atoms with E-state index < -0.39 is 6.36 Å². The van der Waals surface area contributed by atoms with Gasteiger partial charge in [-0.3, -0.25) is 0 Å². The zero-order valence-corrected chi connectivity index (χ0v) is 15.3. The molecule has 4 aromatic rings. The molecular weight excluding hydrogens is 389 g/mol. The van der Waals surface area contributed by atoms with Crippen molar-refractivity contribution in [1.29, 1.82) is 0 Å². The van der Waals surface area contributed by atoms with E-state index in [9.17, 15) is 13.2 Å². The van der Waals surface area contributed by atoms with Crippen molar-refractivity contribution in [2.45, 2.75) is 13.3 Å². The summed E-state index contributed by atoms with van der Waals surface area (Å²) in [5.41, 5.74) is 2.15. The summed E-state index contributed by atoms with van der Waals surface area (Å²) in [7, 11) is 0. The van der Waals surface area contributed by atoms with E-state index in [0.29, 0.717) is 11.5 Å². The largest absolute Gasteiger partial charge is 0.573 e. The van der Waals surface area contributed by atoms with Gasteiger partial charge in [0.15, 0.2) is 0 Å². The molecule has 142 valence electrons. The first-order valence-electron chi connectivity index (χ1n) is 8.22. The van der Waals surface area contributed by atoms with Crippen molar-refractivity contribution in [3.8, 4) is 27.7 Å². The number of alkyl halides is 3. The van der Waals surface area contributed by atoms with E-state index in [1.54, 1.807) is 17.5 Å². The summed E-state index contributed by atoms with van der Waals surface area (Å²) < 4.78 is 46.1. The number of hydrogen-bond donors (Lipinski definition) is 0. The highest BCUT2D eigenvalue weighted by atomic mass is 32.1. The number of ether oxygens (including phenoxy) is 2. The molecule has 0 atom stereocenters. The molecule has 0 amide bonds. The van der Waals surface area contributed by atoms with E-state index >= 15 is 0 Å². The second kappa shape index (κ2) is 7.12. The number of fused-ring (bicyclic) bond motifs is 1. The molecule has 4 nitrogen and oxygen atoms in total. The quantitative estimate of drug-likeness (QED) is 0.399. The van der Waals surface area contributed by atoms with Gasteiger partial charge >= 0.3 is 6.36 Å². The van der Waals surface area contributed by atoms with E-state index in [2.05, 4.69) is 14.7 Å². The van der Waals surface area contributed by atoms with Crippen LogP contribution in [0, 0.1) is 6.92 Å². The average molecular weight is 402 g/mol. The maximum absolute atomic E-state index is 12.2. The second-order valence-corrected chi connectivity index (χ2v) is 6.94. The standard InChI is InChI=1S/C20H13F3N2O2S/c1-12-17-10-24-11-25-19(17)28-18(12)13-2-4-14(5-3-13)26-15-6-8-16(9-7-15)27-20(21,22)23/h2-11H,1H3. The lowest BCUT2D eigenvalue weighted by atomic mass is 10.1. The van der Waals surface area contributed by atoms with E-state index in [0.717, 1.165) is 26.2 Å². The Morgan fingerprint density at radius 2 is 1.50 bits per heavy atom. The molecule has 2 aromatic carbocycles. The van der Waals surface area contributed by atoms with Crippen LogP contribution in [0.25, 0.3) is 20.7 Å². The minimum Gasteiger partial charge on any atom is -0.457 e. The molecule has 0 saturated carbocycles. The Labute approximate surface area is 162 Å². The van der Waals surface area contributed by atoms with Gasteiger partial charge in [-0.1, -0.05) is 0 Å². The van der Waals surface area contributed by atoms with Gasteiger partial charge in [0.1, 0.15) is 28.4 Å². The normalized spacial score (nSPS) is 11.6. The molecule has 0 N–H and O–H groups in total. The van der Waals surface area contributed by atoms with Gasteiger partial charge in [-0.05, 0) is 66.6 Å². The summed E-state index contributed by atoms with van der Waals surface area (Å²) in [4.78, 5) is 10.4. The first-order valence-corrected chi connectivity index (χ1v) is 9.04. The summed E-state index contributed by atoms with van der Waals surface area (Å²) in [6, 6.07) is 12.7. The molecule has 2 heterocycles. The molecule has 8 heteroatoms. The third-order valence-corrected chi connectivity index (χ3v) is 5.29. The van der Waals surface area contributed by atoms with Gasteiger partial charge in [0.05, 0.1) is 0 Å². The zero-order chi connectivity index (χ0) is 19.7. The molecular formula is C20H13F3N2O2S. The highest BCUT2D eigenvalue weighted by molar-refractivity contribution is 7.22. The lowest BCUT2D eigenvalue weighted by molar-refractivity contribution is -0.274. The van der Waals surface area contributed by atoms with E-state index in [1.807, 2.05) is 31.2 Å². The highest BCUT2D eigenvalue weighted by Gasteiger charge is 2.30. The number of nitrogens with zero attached hydrogens (tertiary/aromatic N) is 2. The van der Waals surface area contributed by atoms with Crippen LogP contribution in [0.1, 0.15) is 5.56 Å². The van der Waals surface area contributed by atoms with Gasteiger partial charge in [0, 0.05) is 16.5 Å². The Kier molecular flexibility index (Phi) is 4.64. The van der Waals surface area contributed by atoms with Crippen LogP contribution in [0.5, 0.6) is 17.2 Å². The molecule has 0 unspecified atom stereocenters. The molecule has 0 spiro atoms. The average Bonchev–Trinajstić information content (AvgIpc) is 3.00. The Bertz CT molecular complexity index is 1110. The highest BCUT2D eigenvalue weighted by Crippen LogP contribution is 2.37. The molecule has 0 saturated heterocycles. The summed E-state index contributed by atoms with van der Waals surface area (Å²) in [6.07, 6.45) is -1.38. The number of benzene rings is 2. The van der Waals surface area contributed by atoms with Gasteiger partial charge < -0.3 is 9.47 Å². The summed E-state index contributed by atoms with van der Waals surface area (Å²) in [5, 5.41) is 1.03. The molecule has 28 heavy (non-hydrogen) atoms. The number of thiophene rings is 1. The summed E-state index contributed by atoms with van der Waals surface area (Å²) in [5.74, 6) is 0.695. The van der Waals surface area contributed by atoms with Gasteiger partial charge in [-0.2, -0.15) is 0 Å². The van der Waals surface area contributed by atoms with Crippen LogP contribution >= 0.6 is 11.3 Å². The fourth-order valence-corrected chi connectivity index (χ4v) is 3.87. The van der Waals surface area contributed by atoms with Crippen LogP contribution in [-0.2, 0) is 0 Å². The smallest absolute Gasteiger partial charge is 0.457 e. The minimum absolute atomic E-state index is 0.293. The zero-order valence-electron chi connectivity index (χ0n) is 14.5. The molecule has 0 aliphatic rings. The Hall–Kier alpha value is -3.13. The lowest BCUT2D eigenvalue weighted by Gasteiger charge is -2.10. The van der Waals surface area contributed by atoms with Crippen molar-refractivity contribution in [1.82, 2.24) is 9.97 Å². The lowest BCUT2D eigenvalue weighted by Crippen LogP contribution is -2.16. The van der Waals surface area contributed by atoms with Gasteiger partial charge in [-0.25, -0.2) is 9.97 Å². The predicted molar refractivity (Wildman–Crippen MR) is 101 cm³/mol. The third kappa shape index (κ3) is 3.91. The van der Waals surface area contributed by atoms with Crippen molar-refractivity contribution in [3.63, 3.8) is 0 Å². The van der Waals surface area contributed by atoms with Crippen LogP contribution in [0.4, 0.5) is 13.2 Å². The van der Waals surface area contributed by atoms with Crippen molar-refractivity contribution in [2.24, 2.45) is 0 Å². The van der Waals surface area contributed by atoms with Crippen LogP contribution < -0.4 is 9.47 Å². The number of halogens is 3. The third-order valence-electron chi connectivity index (χ3n) is 4.03. The maximum Gasteiger partial charge on any atom is 0.573 e. The van der Waals surface area contributed by atoms with Crippen LogP contribution in [0.3, 0.4) is 0 Å². The number of hydrogen-bond acceptors (Lipinski definition) is 5. The van der Waals surface area contributed by atoms with Crippen molar-refractivity contribution >= 4 is 21.6 Å².